The first kappa shape index (κ1) is 15.4. The second kappa shape index (κ2) is 7.74. The summed E-state index contributed by atoms with van der Waals surface area (Å²) in [7, 11) is 0. The van der Waals surface area contributed by atoms with E-state index >= 15 is 0 Å². The van der Waals surface area contributed by atoms with Crippen LogP contribution in [0, 0.1) is 0 Å². The summed E-state index contributed by atoms with van der Waals surface area (Å²) in [6, 6.07) is 7.63. The maximum atomic E-state index is 12.3. The fraction of sp³-hybridized carbons (Fsp3) is 0.412. The molecule has 0 aromatic heterocycles. The van der Waals surface area contributed by atoms with Crippen LogP contribution in [-0.2, 0) is 16.1 Å². The Hall–Kier alpha value is -1.94. The minimum Gasteiger partial charge on any atom is -0.466 e. The molecule has 0 bridgehead atoms. The first-order chi connectivity index (χ1) is 10.2. The van der Waals surface area contributed by atoms with Gasteiger partial charge in [0.1, 0.15) is 0 Å². The van der Waals surface area contributed by atoms with Crippen LogP contribution >= 0.6 is 0 Å². The highest BCUT2D eigenvalue weighted by atomic mass is 16.5. The van der Waals surface area contributed by atoms with Crippen LogP contribution in [0.15, 0.2) is 36.4 Å². The van der Waals surface area contributed by atoms with Gasteiger partial charge in [-0.3, -0.25) is 14.5 Å². The minimum absolute atomic E-state index is 0.00538. The zero-order chi connectivity index (χ0) is 15.1. The molecule has 0 saturated carbocycles. The predicted octanol–water partition coefficient (Wildman–Crippen LogP) is 2.58. The number of ether oxygens (including phenoxy) is 1. The molecule has 1 aromatic rings. The average molecular weight is 287 g/mol. The van der Waals surface area contributed by atoms with Crippen LogP contribution in [0.5, 0.6) is 0 Å². The molecule has 1 heterocycles. The molecule has 0 unspecified atom stereocenters. The summed E-state index contributed by atoms with van der Waals surface area (Å²) in [4.78, 5) is 25.9. The molecule has 4 heteroatoms. The van der Waals surface area contributed by atoms with Crippen molar-refractivity contribution in [2.75, 3.05) is 19.7 Å². The molecule has 0 atom stereocenters. The van der Waals surface area contributed by atoms with Gasteiger partial charge < -0.3 is 4.74 Å². The van der Waals surface area contributed by atoms with Gasteiger partial charge in [0.15, 0.2) is 5.78 Å². The second-order valence-corrected chi connectivity index (χ2v) is 5.05. The third-order valence-electron chi connectivity index (χ3n) is 3.47. The number of benzene rings is 1. The fourth-order valence-corrected chi connectivity index (χ4v) is 2.41. The Bertz CT molecular complexity index is 529. The molecule has 4 nitrogen and oxygen atoms in total. The van der Waals surface area contributed by atoms with E-state index in [4.69, 9.17) is 4.74 Å². The molecular formula is C17H21NO3. The number of Topliss-reactive ketones (excluding diaryl/α,β-unsaturated/α-hetero) is 1. The van der Waals surface area contributed by atoms with Crippen LogP contribution in [0.3, 0.4) is 0 Å². The SMILES string of the molecule is CCOC(=O)CCC(=O)c1ccccc1CN1CC=CC1. The number of rotatable bonds is 7. The summed E-state index contributed by atoms with van der Waals surface area (Å²) < 4.78 is 4.86. The van der Waals surface area contributed by atoms with Crippen LogP contribution in [0.4, 0.5) is 0 Å². The van der Waals surface area contributed by atoms with Gasteiger partial charge in [0, 0.05) is 31.6 Å². The van der Waals surface area contributed by atoms with E-state index < -0.39 is 0 Å². The number of ketones is 1. The van der Waals surface area contributed by atoms with Gasteiger partial charge in [-0.25, -0.2) is 0 Å². The number of nitrogens with zero attached hydrogens (tertiary/aromatic N) is 1. The Morgan fingerprint density at radius 2 is 1.86 bits per heavy atom. The highest BCUT2D eigenvalue weighted by Gasteiger charge is 2.15. The van der Waals surface area contributed by atoms with E-state index in [0.717, 1.165) is 25.2 Å². The Balaban J connectivity index is 1.97. The van der Waals surface area contributed by atoms with Gasteiger partial charge in [-0.1, -0.05) is 36.4 Å². The van der Waals surface area contributed by atoms with Gasteiger partial charge in [0.25, 0.3) is 0 Å². The van der Waals surface area contributed by atoms with E-state index in [2.05, 4.69) is 17.1 Å². The Morgan fingerprint density at radius 3 is 2.57 bits per heavy atom. The van der Waals surface area contributed by atoms with E-state index in [1.807, 2.05) is 24.3 Å². The maximum absolute atomic E-state index is 12.3. The lowest BCUT2D eigenvalue weighted by atomic mass is 10.00. The quantitative estimate of drug-likeness (QED) is 0.439. The van der Waals surface area contributed by atoms with Gasteiger partial charge in [0.05, 0.1) is 13.0 Å². The number of hydrogen-bond acceptors (Lipinski definition) is 4. The summed E-state index contributed by atoms with van der Waals surface area (Å²) >= 11 is 0. The molecular weight excluding hydrogens is 266 g/mol. The lowest BCUT2D eigenvalue weighted by molar-refractivity contribution is -0.143. The van der Waals surface area contributed by atoms with Gasteiger partial charge in [0.2, 0.25) is 0 Å². The van der Waals surface area contributed by atoms with E-state index in [0.29, 0.717) is 12.2 Å². The molecule has 0 aliphatic carbocycles. The molecule has 2 rings (SSSR count). The topological polar surface area (TPSA) is 46.6 Å². The largest absolute Gasteiger partial charge is 0.466 e. The normalized spacial score (nSPS) is 14.3. The smallest absolute Gasteiger partial charge is 0.306 e. The molecule has 0 radical (unpaired) electrons. The van der Waals surface area contributed by atoms with Gasteiger partial charge in [-0.05, 0) is 12.5 Å². The Labute approximate surface area is 125 Å². The van der Waals surface area contributed by atoms with Crippen LogP contribution in [0.1, 0.15) is 35.7 Å². The molecule has 1 aromatic carbocycles. The zero-order valence-electron chi connectivity index (χ0n) is 12.4. The van der Waals surface area contributed by atoms with Crippen LogP contribution in [-0.4, -0.2) is 36.3 Å². The van der Waals surface area contributed by atoms with Crippen LogP contribution in [0.2, 0.25) is 0 Å². The second-order valence-electron chi connectivity index (χ2n) is 5.05. The van der Waals surface area contributed by atoms with Crippen LogP contribution in [0.25, 0.3) is 0 Å². The molecule has 21 heavy (non-hydrogen) atoms. The third-order valence-corrected chi connectivity index (χ3v) is 3.47. The standard InChI is InChI=1S/C17H21NO3/c1-2-21-17(20)10-9-16(19)15-8-4-3-7-14(15)13-18-11-5-6-12-18/h3-8H,2,9-13H2,1H3. The molecule has 0 N–H and O–H groups in total. The Kier molecular flexibility index (Phi) is 5.69. The van der Waals surface area contributed by atoms with E-state index in [-0.39, 0.29) is 24.6 Å². The maximum Gasteiger partial charge on any atom is 0.306 e. The Morgan fingerprint density at radius 1 is 1.14 bits per heavy atom. The number of carbonyl (C=O) groups excluding carboxylic acids is 2. The van der Waals surface area contributed by atoms with E-state index in [9.17, 15) is 9.59 Å². The fourth-order valence-electron chi connectivity index (χ4n) is 2.41. The lowest BCUT2D eigenvalue weighted by Crippen LogP contribution is -2.21. The molecule has 0 fully saturated rings. The van der Waals surface area contributed by atoms with Gasteiger partial charge in [-0.15, -0.1) is 0 Å². The summed E-state index contributed by atoms with van der Waals surface area (Å²) in [5.74, 6) is -0.308. The zero-order valence-corrected chi connectivity index (χ0v) is 12.4. The molecule has 1 aliphatic rings. The first-order valence-electron chi connectivity index (χ1n) is 7.34. The summed E-state index contributed by atoms with van der Waals surface area (Å²) in [6.45, 7) is 4.72. The number of hydrogen-bond donors (Lipinski definition) is 0. The van der Waals surface area contributed by atoms with Crippen molar-refractivity contribution in [3.8, 4) is 0 Å². The first-order valence-corrected chi connectivity index (χ1v) is 7.34. The lowest BCUT2D eigenvalue weighted by Gasteiger charge is -2.17. The van der Waals surface area contributed by atoms with Crippen molar-refractivity contribution in [3.05, 3.63) is 47.5 Å². The van der Waals surface area contributed by atoms with Crippen molar-refractivity contribution in [3.63, 3.8) is 0 Å². The molecule has 1 aliphatic heterocycles. The van der Waals surface area contributed by atoms with Crippen molar-refractivity contribution < 1.29 is 14.3 Å². The molecule has 0 amide bonds. The van der Waals surface area contributed by atoms with Crippen molar-refractivity contribution in [1.29, 1.82) is 0 Å². The van der Waals surface area contributed by atoms with Crippen LogP contribution < -0.4 is 0 Å². The number of esters is 1. The summed E-state index contributed by atoms with van der Waals surface area (Å²) in [6.07, 6.45) is 4.61. The summed E-state index contributed by atoms with van der Waals surface area (Å²) in [5.41, 5.74) is 1.74. The molecule has 0 spiro atoms. The molecule has 112 valence electrons. The van der Waals surface area contributed by atoms with Crippen molar-refractivity contribution in [1.82, 2.24) is 4.90 Å². The molecule has 0 saturated heterocycles. The van der Waals surface area contributed by atoms with Crippen molar-refractivity contribution in [2.24, 2.45) is 0 Å². The highest BCUT2D eigenvalue weighted by molar-refractivity contribution is 5.98. The van der Waals surface area contributed by atoms with Gasteiger partial charge >= 0.3 is 5.97 Å². The third kappa shape index (κ3) is 4.53. The summed E-state index contributed by atoms with van der Waals surface area (Å²) in [5, 5.41) is 0. The number of carbonyl (C=O) groups is 2. The van der Waals surface area contributed by atoms with E-state index in [1.165, 1.54) is 0 Å². The van der Waals surface area contributed by atoms with Crippen molar-refractivity contribution in [2.45, 2.75) is 26.3 Å². The van der Waals surface area contributed by atoms with E-state index in [1.54, 1.807) is 6.92 Å². The monoisotopic (exact) mass is 287 g/mol. The highest BCUT2D eigenvalue weighted by Crippen LogP contribution is 2.16. The predicted molar refractivity (Wildman–Crippen MR) is 81.1 cm³/mol. The average Bonchev–Trinajstić information content (AvgIpc) is 2.99. The minimum atomic E-state index is -0.313. The van der Waals surface area contributed by atoms with Crippen molar-refractivity contribution >= 4 is 11.8 Å². The van der Waals surface area contributed by atoms with Gasteiger partial charge in [-0.2, -0.15) is 0 Å².